The van der Waals surface area contributed by atoms with Gasteiger partial charge in [0, 0.05) is 12.6 Å². The van der Waals surface area contributed by atoms with E-state index in [0.29, 0.717) is 12.0 Å². The van der Waals surface area contributed by atoms with E-state index in [2.05, 4.69) is 26.1 Å². The smallest absolute Gasteiger partial charge is 0.307 e. The van der Waals surface area contributed by atoms with Crippen molar-refractivity contribution in [1.82, 2.24) is 5.32 Å². The Balaban J connectivity index is 2.41. The molecule has 0 aliphatic heterocycles. The number of carboxylic acid groups (broad SMARTS) is 1. The van der Waals surface area contributed by atoms with E-state index in [9.17, 15) is 4.79 Å². The molecule has 0 aromatic heterocycles. The van der Waals surface area contributed by atoms with Gasteiger partial charge in [0.15, 0.2) is 0 Å². The van der Waals surface area contributed by atoms with E-state index >= 15 is 0 Å². The molecule has 100 valence electrons. The van der Waals surface area contributed by atoms with Gasteiger partial charge in [0.2, 0.25) is 0 Å². The van der Waals surface area contributed by atoms with Crippen LogP contribution in [-0.4, -0.2) is 17.1 Å². The largest absolute Gasteiger partial charge is 0.481 e. The molecule has 0 saturated heterocycles. The molecule has 0 fully saturated rings. The molecule has 0 bridgehead atoms. The number of hydrogen-bond acceptors (Lipinski definition) is 2. The molecule has 0 heterocycles. The summed E-state index contributed by atoms with van der Waals surface area (Å²) in [5.74, 6) is -0.0862. The van der Waals surface area contributed by atoms with Crippen LogP contribution in [0.5, 0.6) is 0 Å². The third-order valence-corrected chi connectivity index (χ3v) is 2.86. The first-order valence-corrected chi connectivity index (χ1v) is 6.50. The van der Waals surface area contributed by atoms with Gasteiger partial charge in [-0.25, -0.2) is 0 Å². The van der Waals surface area contributed by atoms with Crippen LogP contribution in [0.3, 0.4) is 0 Å². The Hall–Kier alpha value is -1.35. The molecule has 1 atom stereocenters. The Labute approximate surface area is 109 Å². The number of nitrogens with one attached hydrogen (secondary N) is 1. The van der Waals surface area contributed by atoms with Gasteiger partial charge in [0.1, 0.15) is 0 Å². The highest BCUT2D eigenvalue weighted by Gasteiger charge is 2.04. The van der Waals surface area contributed by atoms with Gasteiger partial charge in [-0.1, -0.05) is 38.1 Å². The van der Waals surface area contributed by atoms with Crippen LogP contribution in [-0.2, 0) is 17.8 Å². The number of benzene rings is 1. The van der Waals surface area contributed by atoms with Crippen molar-refractivity contribution < 1.29 is 9.90 Å². The fourth-order valence-corrected chi connectivity index (χ4v) is 2.03. The Kier molecular flexibility index (Phi) is 5.86. The molecule has 3 heteroatoms. The van der Waals surface area contributed by atoms with Crippen molar-refractivity contribution in [2.45, 2.75) is 46.2 Å². The number of hydrogen-bond donors (Lipinski definition) is 2. The van der Waals surface area contributed by atoms with Crippen molar-refractivity contribution in [3.8, 4) is 0 Å². The highest BCUT2D eigenvalue weighted by molar-refractivity contribution is 5.70. The number of carboxylic acids is 1. The second-order valence-electron chi connectivity index (χ2n) is 5.30. The van der Waals surface area contributed by atoms with E-state index in [0.717, 1.165) is 18.5 Å². The maximum atomic E-state index is 10.6. The van der Waals surface area contributed by atoms with E-state index in [4.69, 9.17) is 5.11 Å². The monoisotopic (exact) mass is 249 g/mol. The van der Waals surface area contributed by atoms with E-state index in [1.165, 1.54) is 5.56 Å². The van der Waals surface area contributed by atoms with E-state index in [-0.39, 0.29) is 6.42 Å². The van der Waals surface area contributed by atoms with Gasteiger partial charge in [0.25, 0.3) is 0 Å². The number of carbonyl (C=O) groups is 1. The Morgan fingerprint density at radius 2 is 1.72 bits per heavy atom. The molecule has 1 aromatic rings. The van der Waals surface area contributed by atoms with E-state index in [1.807, 2.05) is 24.3 Å². The molecule has 1 rings (SSSR count). The highest BCUT2D eigenvalue weighted by atomic mass is 16.4. The van der Waals surface area contributed by atoms with E-state index < -0.39 is 5.97 Å². The molecule has 0 saturated carbocycles. The third kappa shape index (κ3) is 5.82. The molecule has 1 unspecified atom stereocenters. The summed E-state index contributed by atoms with van der Waals surface area (Å²) >= 11 is 0. The zero-order chi connectivity index (χ0) is 13.5. The predicted octanol–water partition coefficient (Wildman–Crippen LogP) is 2.84. The average molecular weight is 249 g/mol. The standard InChI is InChI=1S/C15H23NO2/c1-11(2)8-12(3)16-10-14-6-4-13(5-7-14)9-15(17)18/h4-7,11-12,16H,8-10H2,1-3H3,(H,17,18). The second-order valence-corrected chi connectivity index (χ2v) is 5.30. The molecular weight excluding hydrogens is 226 g/mol. The lowest BCUT2D eigenvalue weighted by molar-refractivity contribution is -0.136. The fourth-order valence-electron chi connectivity index (χ4n) is 2.03. The summed E-state index contributed by atoms with van der Waals surface area (Å²) in [6.07, 6.45) is 1.26. The lowest BCUT2D eigenvalue weighted by atomic mass is 10.0. The molecule has 0 amide bonds. The Morgan fingerprint density at radius 3 is 2.22 bits per heavy atom. The third-order valence-electron chi connectivity index (χ3n) is 2.86. The van der Waals surface area contributed by atoms with Gasteiger partial charge >= 0.3 is 5.97 Å². The van der Waals surface area contributed by atoms with Crippen LogP contribution < -0.4 is 5.32 Å². The number of aliphatic carboxylic acids is 1. The molecular formula is C15H23NO2. The first kappa shape index (κ1) is 14.7. The quantitative estimate of drug-likeness (QED) is 0.781. The predicted molar refractivity (Wildman–Crippen MR) is 73.5 cm³/mol. The summed E-state index contributed by atoms with van der Waals surface area (Å²) in [6.45, 7) is 7.47. The minimum Gasteiger partial charge on any atom is -0.481 e. The minimum atomic E-state index is -0.786. The lowest BCUT2D eigenvalue weighted by Crippen LogP contribution is -2.26. The van der Waals surface area contributed by atoms with Crippen LogP contribution in [0.15, 0.2) is 24.3 Å². The van der Waals surface area contributed by atoms with Gasteiger partial charge in [-0.15, -0.1) is 0 Å². The van der Waals surface area contributed by atoms with Gasteiger partial charge in [0.05, 0.1) is 6.42 Å². The first-order valence-electron chi connectivity index (χ1n) is 6.50. The summed E-state index contributed by atoms with van der Waals surface area (Å²) in [6, 6.07) is 8.26. The van der Waals surface area contributed by atoms with Crippen LogP contribution in [0.4, 0.5) is 0 Å². The summed E-state index contributed by atoms with van der Waals surface area (Å²) < 4.78 is 0. The van der Waals surface area contributed by atoms with E-state index in [1.54, 1.807) is 0 Å². The summed E-state index contributed by atoms with van der Waals surface area (Å²) in [5.41, 5.74) is 2.04. The summed E-state index contributed by atoms with van der Waals surface area (Å²) in [5, 5.41) is 12.2. The summed E-state index contributed by atoms with van der Waals surface area (Å²) in [4.78, 5) is 10.6. The van der Waals surface area contributed by atoms with Crippen LogP contribution >= 0.6 is 0 Å². The number of rotatable bonds is 7. The fraction of sp³-hybridized carbons (Fsp3) is 0.533. The van der Waals surface area contributed by atoms with Crippen LogP contribution in [0.25, 0.3) is 0 Å². The van der Waals surface area contributed by atoms with Crippen molar-refractivity contribution >= 4 is 5.97 Å². The second kappa shape index (κ2) is 7.17. The Morgan fingerprint density at radius 1 is 1.17 bits per heavy atom. The maximum absolute atomic E-state index is 10.6. The van der Waals surface area contributed by atoms with Crippen LogP contribution in [0, 0.1) is 5.92 Å². The van der Waals surface area contributed by atoms with Crippen LogP contribution in [0.1, 0.15) is 38.3 Å². The molecule has 0 spiro atoms. The molecule has 0 aliphatic rings. The SMILES string of the molecule is CC(C)CC(C)NCc1ccc(CC(=O)O)cc1. The molecule has 18 heavy (non-hydrogen) atoms. The van der Waals surface area contributed by atoms with Crippen molar-refractivity contribution in [2.75, 3.05) is 0 Å². The highest BCUT2D eigenvalue weighted by Crippen LogP contribution is 2.08. The molecule has 3 nitrogen and oxygen atoms in total. The van der Waals surface area contributed by atoms with Crippen molar-refractivity contribution in [3.63, 3.8) is 0 Å². The average Bonchev–Trinajstić information content (AvgIpc) is 2.26. The zero-order valence-corrected chi connectivity index (χ0v) is 11.4. The van der Waals surface area contributed by atoms with Gasteiger partial charge < -0.3 is 10.4 Å². The topological polar surface area (TPSA) is 49.3 Å². The van der Waals surface area contributed by atoms with Gasteiger partial charge in [-0.3, -0.25) is 4.79 Å². The van der Waals surface area contributed by atoms with Gasteiger partial charge in [-0.2, -0.15) is 0 Å². The Bertz CT molecular complexity index is 371. The summed E-state index contributed by atoms with van der Waals surface area (Å²) in [7, 11) is 0. The van der Waals surface area contributed by atoms with Crippen LogP contribution in [0.2, 0.25) is 0 Å². The molecule has 0 aliphatic carbocycles. The van der Waals surface area contributed by atoms with Gasteiger partial charge in [-0.05, 0) is 30.4 Å². The van der Waals surface area contributed by atoms with Crippen molar-refractivity contribution in [3.05, 3.63) is 35.4 Å². The zero-order valence-electron chi connectivity index (χ0n) is 11.4. The lowest BCUT2D eigenvalue weighted by Gasteiger charge is -2.16. The van der Waals surface area contributed by atoms with Crippen molar-refractivity contribution in [2.24, 2.45) is 5.92 Å². The molecule has 1 aromatic carbocycles. The molecule has 2 N–H and O–H groups in total. The molecule has 0 radical (unpaired) electrons. The van der Waals surface area contributed by atoms with Crippen molar-refractivity contribution in [1.29, 1.82) is 0 Å². The normalized spacial score (nSPS) is 12.7. The minimum absolute atomic E-state index is 0.0947. The maximum Gasteiger partial charge on any atom is 0.307 e. The first-order chi connectivity index (χ1) is 8.47.